The minimum atomic E-state index is -0.313. The lowest BCUT2D eigenvalue weighted by Gasteiger charge is -2.30. The van der Waals surface area contributed by atoms with E-state index in [0.717, 1.165) is 17.2 Å². The number of esters is 1. The highest BCUT2D eigenvalue weighted by molar-refractivity contribution is 5.89. The summed E-state index contributed by atoms with van der Waals surface area (Å²) in [5, 5.41) is 0. The number of rotatable bonds is 5. The smallest absolute Gasteiger partial charge is 0.336 e. The molecule has 0 aromatic carbocycles. The van der Waals surface area contributed by atoms with Gasteiger partial charge in [0.2, 0.25) is 0 Å². The number of hydrogen-bond donors (Lipinski definition) is 0. The Morgan fingerprint density at radius 1 is 1.17 bits per heavy atom. The summed E-state index contributed by atoms with van der Waals surface area (Å²) >= 11 is 0. The minimum absolute atomic E-state index is 0.142. The van der Waals surface area contributed by atoms with Crippen molar-refractivity contribution in [2.45, 2.75) is 33.4 Å². The summed E-state index contributed by atoms with van der Waals surface area (Å²) < 4.78 is 15.9. The lowest BCUT2D eigenvalue weighted by Crippen LogP contribution is -2.26. The van der Waals surface area contributed by atoms with E-state index in [1.165, 1.54) is 0 Å². The molecular formula is C18H19NO4. The molecule has 0 saturated heterocycles. The van der Waals surface area contributed by atoms with Gasteiger partial charge in [-0.25, -0.2) is 4.79 Å². The molecular weight excluding hydrogens is 294 g/mol. The number of carbonyl (C=O) groups is 1. The van der Waals surface area contributed by atoms with Crippen LogP contribution < -0.4 is 0 Å². The second-order valence-electron chi connectivity index (χ2n) is 5.43. The van der Waals surface area contributed by atoms with Crippen LogP contribution in [0.5, 0.6) is 0 Å². The number of carbonyl (C=O) groups excluding carboxylic acids is 1. The molecule has 5 heteroatoms. The first-order valence-electron chi connectivity index (χ1n) is 7.51. The van der Waals surface area contributed by atoms with Crippen LogP contribution in [0.1, 0.15) is 31.8 Å². The van der Waals surface area contributed by atoms with Crippen molar-refractivity contribution in [3.8, 4) is 0 Å². The Hall–Kier alpha value is -2.69. The van der Waals surface area contributed by atoms with Crippen molar-refractivity contribution in [2.24, 2.45) is 0 Å². The Labute approximate surface area is 134 Å². The van der Waals surface area contributed by atoms with E-state index < -0.39 is 0 Å². The normalized spacial score (nSPS) is 14.9. The topological polar surface area (TPSA) is 55.8 Å². The number of hydrogen-bond acceptors (Lipinski definition) is 5. The van der Waals surface area contributed by atoms with Gasteiger partial charge < -0.3 is 18.5 Å². The van der Waals surface area contributed by atoms with E-state index in [2.05, 4.69) is 4.90 Å². The largest absolute Gasteiger partial charge is 0.467 e. The molecule has 1 aliphatic heterocycles. The third-order valence-electron chi connectivity index (χ3n) is 3.94. The third-order valence-corrected chi connectivity index (χ3v) is 3.94. The SMILES string of the molecule is CC1=CCC(C(=O)OCc2ccco2)=C(C)N1Cc1ccco1. The molecule has 0 amide bonds. The van der Waals surface area contributed by atoms with Crippen molar-refractivity contribution in [3.05, 3.63) is 71.4 Å². The fourth-order valence-corrected chi connectivity index (χ4v) is 2.59. The van der Waals surface area contributed by atoms with Crippen molar-refractivity contribution in [3.63, 3.8) is 0 Å². The Bertz CT molecular complexity index is 723. The first kappa shape index (κ1) is 15.2. The van der Waals surface area contributed by atoms with Crippen molar-refractivity contribution in [1.82, 2.24) is 4.90 Å². The van der Waals surface area contributed by atoms with Gasteiger partial charge in [0.1, 0.15) is 18.1 Å². The van der Waals surface area contributed by atoms with Crippen LogP contribution in [0.2, 0.25) is 0 Å². The molecule has 0 unspecified atom stereocenters. The van der Waals surface area contributed by atoms with E-state index in [1.807, 2.05) is 32.1 Å². The van der Waals surface area contributed by atoms with E-state index in [1.54, 1.807) is 24.7 Å². The second kappa shape index (κ2) is 6.60. The summed E-state index contributed by atoms with van der Waals surface area (Å²) in [5.41, 5.74) is 2.65. The summed E-state index contributed by atoms with van der Waals surface area (Å²) in [7, 11) is 0. The minimum Gasteiger partial charge on any atom is -0.467 e. The van der Waals surface area contributed by atoms with Gasteiger partial charge in [-0.2, -0.15) is 0 Å². The van der Waals surface area contributed by atoms with Crippen LogP contribution in [0.25, 0.3) is 0 Å². The van der Waals surface area contributed by atoms with Gasteiger partial charge in [-0.05, 0) is 38.1 Å². The van der Waals surface area contributed by atoms with Gasteiger partial charge in [0.15, 0.2) is 0 Å². The van der Waals surface area contributed by atoms with E-state index in [0.29, 0.717) is 24.3 Å². The Balaban J connectivity index is 1.72. The highest BCUT2D eigenvalue weighted by Crippen LogP contribution is 2.28. The predicted molar refractivity (Wildman–Crippen MR) is 83.8 cm³/mol. The standard InChI is InChI=1S/C18H19NO4/c1-13-7-8-17(18(20)23-12-16-6-4-10-22-16)14(2)19(13)11-15-5-3-9-21-15/h3-7,9-10H,8,11-12H2,1-2H3. The average Bonchev–Trinajstić information content (AvgIpc) is 3.22. The average molecular weight is 313 g/mol. The van der Waals surface area contributed by atoms with Gasteiger partial charge >= 0.3 is 5.97 Å². The van der Waals surface area contributed by atoms with Gasteiger partial charge in [-0.15, -0.1) is 0 Å². The van der Waals surface area contributed by atoms with Crippen molar-refractivity contribution in [1.29, 1.82) is 0 Å². The van der Waals surface area contributed by atoms with E-state index in [-0.39, 0.29) is 12.6 Å². The van der Waals surface area contributed by atoms with Gasteiger partial charge in [0, 0.05) is 17.8 Å². The molecule has 2 aromatic heterocycles. The second-order valence-corrected chi connectivity index (χ2v) is 5.43. The summed E-state index contributed by atoms with van der Waals surface area (Å²) in [6.45, 7) is 4.69. The van der Waals surface area contributed by atoms with Gasteiger partial charge in [-0.3, -0.25) is 0 Å². The highest BCUT2D eigenvalue weighted by atomic mass is 16.5. The third kappa shape index (κ3) is 3.39. The first-order valence-corrected chi connectivity index (χ1v) is 7.51. The molecule has 3 rings (SSSR count). The van der Waals surface area contributed by atoms with Crippen LogP contribution in [-0.2, 0) is 22.7 Å². The zero-order valence-electron chi connectivity index (χ0n) is 13.2. The lowest BCUT2D eigenvalue weighted by molar-refractivity contribution is -0.141. The van der Waals surface area contributed by atoms with Crippen LogP contribution in [0.4, 0.5) is 0 Å². The van der Waals surface area contributed by atoms with Crippen LogP contribution in [-0.4, -0.2) is 10.9 Å². The van der Waals surface area contributed by atoms with Gasteiger partial charge in [0.25, 0.3) is 0 Å². The van der Waals surface area contributed by atoms with Crippen molar-refractivity contribution >= 4 is 5.97 Å². The number of allylic oxidation sites excluding steroid dienone is 3. The molecule has 120 valence electrons. The van der Waals surface area contributed by atoms with Gasteiger partial charge in [0.05, 0.1) is 24.6 Å². The number of nitrogens with zero attached hydrogens (tertiary/aromatic N) is 1. The van der Waals surface area contributed by atoms with Crippen molar-refractivity contribution < 1.29 is 18.4 Å². The van der Waals surface area contributed by atoms with E-state index >= 15 is 0 Å². The Morgan fingerprint density at radius 3 is 2.52 bits per heavy atom. The molecule has 0 spiro atoms. The fourth-order valence-electron chi connectivity index (χ4n) is 2.59. The van der Waals surface area contributed by atoms with Crippen LogP contribution in [0.3, 0.4) is 0 Å². The fraction of sp³-hybridized carbons (Fsp3) is 0.278. The van der Waals surface area contributed by atoms with E-state index in [9.17, 15) is 4.79 Å². The molecule has 2 aromatic rings. The zero-order chi connectivity index (χ0) is 16.2. The maximum Gasteiger partial charge on any atom is 0.336 e. The monoisotopic (exact) mass is 313 g/mol. The number of ether oxygens (including phenoxy) is 1. The molecule has 0 fully saturated rings. The molecule has 0 N–H and O–H groups in total. The lowest BCUT2D eigenvalue weighted by atomic mass is 10.0. The van der Waals surface area contributed by atoms with Crippen molar-refractivity contribution in [2.75, 3.05) is 0 Å². The highest BCUT2D eigenvalue weighted by Gasteiger charge is 2.23. The Kier molecular flexibility index (Phi) is 4.37. The molecule has 23 heavy (non-hydrogen) atoms. The van der Waals surface area contributed by atoms with Crippen LogP contribution in [0.15, 0.2) is 68.7 Å². The molecule has 0 radical (unpaired) electrons. The molecule has 1 aliphatic rings. The first-order chi connectivity index (χ1) is 11.1. The summed E-state index contributed by atoms with van der Waals surface area (Å²) in [6.07, 6.45) is 5.81. The molecule has 0 aliphatic carbocycles. The quantitative estimate of drug-likeness (QED) is 0.781. The zero-order valence-corrected chi connectivity index (χ0v) is 13.2. The maximum absolute atomic E-state index is 12.4. The predicted octanol–water partition coefficient (Wildman–Crippen LogP) is 4.00. The summed E-state index contributed by atoms with van der Waals surface area (Å²) in [6, 6.07) is 7.33. The van der Waals surface area contributed by atoms with Gasteiger partial charge in [-0.1, -0.05) is 6.08 Å². The van der Waals surface area contributed by atoms with E-state index in [4.69, 9.17) is 13.6 Å². The molecule has 3 heterocycles. The molecule has 0 saturated carbocycles. The van der Waals surface area contributed by atoms with Crippen LogP contribution >= 0.6 is 0 Å². The molecule has 0 bridgehead atoms. The molecule has 0 atom stereocenters. The maximum atomic E-state index is 12.4. The number of furan rings is 2. The summed E-state index contributed by atoms with van der Waals surface area (Å²) in [5.74, 6) is 1.17. The summed E-state index contributed by atoms with van der Waals surface area (Å²) in [4.78, 5) is 14.4. The van der Waals surface area contributed by atoms with Crippen LogP contribution in [0, 0.1) is 0 Å². The molecule has 5 nitrogen and oxygen atoms in total. The Morgan fingerprint density at radius 2 is 1.87 bits per heavy atom.